The van der Waals surface area contributed by atoms with Crippen LogP contribution in [0.1, 0.15) is 19.4 Å². The Kier molecular flexibility index (Phi) is 9.41. The van der Waals surface area contributed by atoms with Gasteiger partial charge in [0, 0.05) is 44.2 Å². The zero-order valence-corrected chi connectivity index (χ0v) is 20.3. The number of hydrogen-bond acceptors (Lipinski definition) is 7. The number of ether oxygens (including phenoxy) is 1. The molecule has 1 aromatic heterocycles. The lowest BCUT2D eigenvalue weighted by Crippen LogP contribution is -2.38. The first-order chi connectivity index (χ1) is 16.9. The highest BCUT2D eigenvalue weighted by atomic mass is 16.5. The molecule has 0 fully saturated rings. The molecule has 2 aromatic carbocycles. The Bertz CT molecular complexity index is 1110. The van der Waals surface area contributed by atoms with Gasteiger partial charge in [0.1, 0.15) is 17.4 Å². The van der Waals surface area contributed by atoms with Crippen LogP contribution in [-0.4, -0.2) is 54.1 Å². The van der Waals surface area contributed by atoms with Gasteiger partial charge in [0.2, 0.25) is 5.91 Å². The van der Waals surface area contributed by atoms with Crippen LogP contribution in [-0.2, 0) is 9.59 Å². The minimum atomic E-state index is -0.609. The number of rotatable bonds is 12. The van der Waals surface area contributed by atoms with Gasteiger partial charge in [0.25, 0.3) is 5.91 Å². The summed E-state index contributed by atoms with van der Waals surface area (Å²) in [6.07, 6.45) is -0.609. The van der Waals surface area contributed by atoms with E-state index < -0.39 is 6.10 Å². The van der Waals surface area contributed by atoms with E-state index in [4.69, 9.17) is 9.72 Å². The predicted molar refractivity (Wildman–Crippen MR) is 137 cm³/mol. The molecule has 0 aliphatic heterocycles. The molecular weight excluding hydrogens is 444 g/mol. The number of anilines is 2. The summed E-state index contributed by atoms with van der Waals surface area (Å²) < 4.78 is 5.66. The Morgan fingerprint density at radius 1 is 0.829 bits per heavy atom. The van der Waals surface area contributed by atoms with Gasteiger partial charge in [-0.05, 0) is 26.0 Å². The zero-order valence-electron chi connectivity index (χ0n) is 20.3. The molecule has 0 saturated heterocycles. The maximum absolute atomic E-state index is 12.4. The highest BCUT2D eigenvalue weighted by Crippen LogP contribution is 2.24. The van der Waals surface area contributed by atoms with Crippen LogP contribution in [0.15, 0.2) is 60.7 Å². The minimum Gasteiger partial charge on any atom is -0.481 e. The van der Waals surface area contributed by atoms with Gasteiger partial charge in [-0.1, -0.05) is 48.5 Å². The molecule has 0 spiro atoms. The molecule has 3 rings (SSSR count). The molecule has 0 aliphatic rings. The second-order valence-electron chi connectivity index (χ2n) is 7.94. The van der Waals surface area contributed by atoms with E-state index in [2.05, 4.69) is 26.3 Å². The summed E-state index contributed by atoms with van der Waals surface area (Å²) in [5.74, 6) is 2.31. The lowest BCUT2D eigenvalue weighted by atomic mass is 10.2. The Morgan fingerprint density at radius 2 is 1.37 bits per heavy atom. The standard InChI is InChI=1S/C26H32N6O3/c1-18-23(28-15-14-27-20(3)33)31-25(21-10-6-4-7-11-21)32-24(18)29-16-17-30-26(34)19(2)35-22-12-8-5-9-13-22/h4-13,19H,14-17H2,1-3H3,(H,27,33)(H,30,34)(H2,28,29,31,32). The molecule has 1 unspecified atom stereocenters. The summed E-state index contributed by atoms with van der Waals surface area (Å²) in [7, 11) is 0. The summed E-state index contributed by atoms with van der Waals surface area (Å²) >= 11 is 0. The van der Waals surface area contributed by atoms with Crippen LogP contribution in [0.25, 0.3) is 11.4 Å². The van der Waals surface area contributed by atoms with Crippen molar-refractivity contribution < 1.29 is 14.3 Å². The minimum absolute atomic E-state index is 0.0796. The molecule has 4 N–H and O–H groups in total. The fourth-order valence-electron chi connectivity index (χ4n) is 3.26. The first kappa shape index (κ1) is 25.5. The third-order valence-corrected chi connectivity index (χ3v) is 5.11. The summed E-state index contributed by atoms with van der Waals surface area (Å²) in [5, 5.41) is 12.2. The zero-order chi connectivity index (χ0) is 25.0. The molecule has 9 nitrogen and oxygen atoms in total. The quantitative estimate of drug-likeness (QED) is 0.297. The normalized spacial score (nSPS) is 11.3. The molecule has 0 radical (unpaired) electrons. The van der Waals surface area contributed by atoms with Crippen LogP contribution >= 0.6 is 0 Å². The second-order valence-corrected chi connectivity index (χ2v) is 7.94. The van der Waals surface area contributed by atoms with Crippen molar-refractivity contribution >= 4 is 23.5 Å². The topological polar surface area (TPSA) is 117 Å². The lowest BCUT2D eigenvalue weighted by Gasteiger charge is -2.17. The first-order valence-corrected chi connectivity index (χ1v) is 11.6. The summed E-state index contributed by atoms with van der Waals surface area (Å²) in [6.45, 7) is 7.01. The Labute approximate surface area is 205 Å². The molecular formula is C26H32N6O3. The fourth-order valence-corrected chi connectivity index (χ4v) is 3.26. The van der Waals surface area contributed by atoms with E-state index in [1.165, 1.54) is 6.92 Å². The number of nitrogens with zero attached hydrogens (tertiary/aromatic N) is 2. The Morgan fingerprint density at radius 3 is 1.94 bits per heavy atom. The number of para-hydroxylation sites is 1. The molecule has 0 saturated carbocycles. The fraction of sp³-hybridized carbons (Fsp3) is 0.308. The number of carbonyl (C=O) groups excluding carboxylic acids is 2. The third kappa shape index (κ3) is 7.99. The number of aromatic nitrogens is 2. The molecule has 9 heteroatoms. The monoisotopic (exact) mass is 476 g/mol. The van der Waals surface area contributed by atoms with Crippen LogP contribution in [0.5, 0.6) is 5.75 Å². The molecule has 3 aromatic rings. The largest absolute Gasteiger partial charge is 0.481 e. The first-order valence-electron chi connectivity index (χ1n) is 11.6. The van der Waals surface area contributed by atoms with E-state index >= 15 is 0 Å². The molecule has 35 heavy (non-hydrogen) atoms. The summed E-state index contributed by atoms with van der Waals surface area (Å²) in [6, 6.07) is 19.0. The van der Waals surface area contributed by atoms with Gasteiger partial charge in [-0.3, -0.25) is 9.59 Å². The van der Waals surface area contributed by atoms with Crippen molar-refractivity contribution in [2.45, 2.75) is 26.9 Å². The van der Waals surface area contributed by atoms with E-state index in [0.29, 0.717) is 49.4 Å². The number of carbonyl (C=O) groups is 2. The van der Waals surface area contributed by atoms with E-state index in [0.717, 1.165) is 11.1 Å². The maximum atomic E-state index is 12.4. The van der Waals surface area contributed by atoms with E-state index in [9.17, 15) is 9.59 Å². The average molecular weight is 477 g/mol. The molecule has 2 amide bonds. The third-order valence-electron chi connectivity index (χ3n) is 5.11. The Balaban J connectivity index is 1.61. The van der Waals surface area contributed by atoms with Crippen LogP contribution in [0.3, 0.4) is 0 Å². The van der Waals surface area contributed by atoms with Gasteiger partial charge in [0.15, 0.2) is 11.9 Å². The van der Waals surface area contributed by atoms with Crippen molar-refractivity contribution in [2.24, 2.45) is 0 Å². The Hall–Kier alpha value is -4.14. The van der Waals surface area contributed by atoms with Gasteiger partial charge in [0.05, 0.1) is 0 Å². The van der Waals surface area contributed by atoms with Crippen LogP contribution in [0.4, 0.5) is 11.6 Å². The van der Waals surface area contributed by atoms with Crippen molar-refractivity contribution in [2.75, 3.05) is 36.8 Å². The molecule has 0 aliphatic carbocycles. The number of hydrogen-bond donors (Lipinski definition) is 4. The summed E-state index contributed by atoms with van der Waals surface area (Å²) in [5.41, 5.74) is 1.74. The number of benzene rings is 2. The summed E-state index contributed by atoms with van der Waals surface area (Å²) in [4.78, 5) is 32.9. The van der Waals surface area contributed by atoms with Crippen molar-refractivity contribution in [1.29, 1.82) is 0 Å². The molecule has 184 valence electrons. The molecule has 0 bridgehead atoms. The number of amides is 2. The van der Waals surface area contributed by atoms with Crippen LogP contribution in [0, 0.1) is 6.92 Å². The lowest BCUT2D eigenvalue weighted by molar-refractivity contribution is -0.127. The van der Waals surface area contributed by atoms with Gasteiger partial charge in [-0.25, -0.2) is 9.97 Å². The van der Waals surface area contributed by atoms with Crippen molar-refractivity contribution in [3.63, 3.8) is 0 Å². The predicted octanol–water partition coefficient (Wildman–Crippen LogP) is 3.00. The highest BCUT2D eigenvalue weighted by Gasteiger charge is 2.15. The van der Waals surface area contributed by atoms with Gasteiger partial charge in [-0.15, -0.1) is 0 Å². The molecule has 1 heterocycles. The SMILES string of the molecule is CC(=O)NCCNc1nc(-c2ccccc2)nc(NCCNC(=O)C(C)Oc2ccccc2)c1C. The van der Waals surface area contributed by atoms with Gasteiger partial charge < -0.3 is 26.0 Å². The van der Waals surface area contributed by atoms with Crippen molar-refractivity contribution in [3.8, 4) is 17.1 Å². The van der Waals surface area contributed by atoms with E-state index in [1.54, 1.807) is 6.92 Å². The van der Waals surface area contributed by atoms with Crippen molar-refractivity contribution in [3.05, 3.63) is 66.2 Å². The smallest absolute Gasteiger partial charge is 0.260 e. The van der Waals surface area contributed by atoms with Crippen LogP contribution in [0.2, 0.25) is 0 Å². The van der Waals surface area contributed by atoms with E-state index in [-0.39, 0.29) is 11.8 Å². The van der Waals surface area contributed by atoms with E-state index in [1.807, 2.05) is 67.6 Å². The highest BCUT2D eigenvalue weighted by molar-refractivity contribution is 5.80. The number of nitrogens with one attached hydrogen (secondary N) is 4. The average Bonchev–Trinajstić information content (AvgIpc) is 2.86. The van der Waals surface area contributed by atoms with Crippen molar-refractivity contribution in [1.82, 2.24) is 20.6 Å². The maximum Gasteiger partial charge on any atom is 0.260 e. The second kappa shape index (κ2) is 12.9. The molecule has 1 atom stereocenters. The van der Waals surface area contributed by atoms with Crippen LogP contribution < -0.4 is 26.0 Å². The van der Waals surface area contributed by atoms with Gasteiger partial charge >= 0.3 is 0 Å². The van der Waals surface area contributed by atoms with Gasteiger partial charge in [-0.2, -0.15) is 0 Å².